The van der Waals surface area contributed by atoms with Crippen molar-refractivity contribution in [1.29, 1.82) is 0 Å². The Morgan fingerprint density at radius 3 is 2.50 bits per heavy atom. The molecule has 124 valence electrons. The van der Waals surface area contributed by atoms with Crippen molar-refractivity contribution >= 4 is 23.0 Å². The number of hydrogen-bond donors (Lipinski definition) is 0. The predicted octanol–water partition coefficient (Wildman–Crippen LogP) is 4.04. The minimum Gasteiger partial charge on any atom is -0.476 e. The molecular formula is C20H22N2O2. The van der Waals surface area contributed by atoms with Gasteiger partial charge in [-0.05, 0) is 63.1 Å². The average Bonchev–Trinajstić information content (AvgIpc) is 2.47. The summed E-state index contributed by atoms with van der Waals surface area (Å²) in [6.07, 6.45) is 1.23. The number of carbonyl (C=O) groups is 1. The van der Waals surface area contributed by atoms with Crippen molar-refractivity contribution in [3.8, 4) is 5.75 Å². The SMILES string of the molecule is Cc1ccc2c(c1)OC(C)(C)C(=O)N2c1cccc(N2CCC2)c1. The maximum atomic E-state index is 13.0. The number of amides is 1. The van der Waals surface area contributed by atoms with Gasteiger partial charge in [0, 0.05) is 18.8 Å². The van der Waals surface area contributed by atoms with E-state index in [1.165, 1.54) is 12.1 Å². The van der Waals surface area contributed by atoms with Crippen molar-refractivity contribution < 1.29 is 9.53 Å². The molecule has 0 bridgehead atoms. The lowest BCUT2D eigenvalue weighted by Gasteiger charge is -2.39. The molecule has 0 aliphatic carbocycles. The van der Waals surface area contributed by atoms with Gasteiger partial charge in [0.05, 0.1) is 11.4 Å². The molecule has 4 nitrogen and oxygen atoms in total. The van der Waals surface area contributed by atoms with Crippen LogP contribution in [0.3, 0.4) is 0 Å². The Hall–Kier alpha value is -2.49. The lowest BCUT2D eigenvalue weighted by atomic mass is 10.0. The monoisotopic (exact) mass is 322 g/mol. The van der Waals surface area contributed by atoms with Gasteiger partial charge in [-0.1, -0.05) is 12.1 Å². The van der Waals surface area contributed by atoms with Gasteiger partial charge >= 0.3 is 0 Å². The first-order valence-electron chi connectivity index (χ1n) is 8.45. The molecule has 2 aliphatic rings. The van der Waals surface area contributed by atoms with Crippen LogP contribution in [-0.4, -0.2) is 24.6 Å². The van der Waals surface area contributed by atoms with E-state index in [1.54, 1.807) is 4.90 Å². The minimum atomic E-state index is -0.881. The summed E-state index contributed by atoms with van der Waals surface area (Å²) in [7, 11) is 0. The first kappa shape index (κ1) is 15.1. The summed E-state index contributed by atoms with van der Waals surface area (Å²) >= 11 is 0. The fourth-order valence-corrected chi connectivity index (χ4v) is 3.24. The molecule has 2 heterocycles. The molecule has 2 aliphatic heterocycles. The van der Waals surface area contributed by atoms with Gasteiger partial charge in [0.1, 0.15) is 5.75 Å². The number of rotatable bonds is 2. The van der Waals surface area contributed by atoms with Gasteiger partial charge in [0.25, 0.3) is 5.91 Å². The normalized spacial score (nSPS) is 18.7. The number of benzene rings is 2. The summed E-state index contributed by atoms with van der Waals surface area (Å²) in [5.74, 6) is 0.716. The molecule has 2 aromatic carbocycles. The third kappa shape index (κ3) is 2.33. The van der Waals surface area contributed by atoms with Crippen LogP contribution in [0.15, 0.2) is 42.5 Å². The van der Waals surface area contributed by atoms with Crippen molar-refractivity contribution in [2.75, 3.05) is 22.9 Å². The number of fused-ring (bicyclic) bond motifs is 1. The highest BCUT2D eigenvalue weighted by atomic mass is 16.5. The average molecular weight is 322 g/mol. The van der Waals surface area contributed by atoms with Crippen LogP contribution in [0, 0.1) is 6.92 Å². The van der Waals surface area contributed by atoms with Gasteiger partial charge in [-0.15, -0.1) is 0 Å². The first-order valence-corrected chi connectivity index (χ1v) is 8.45. The smallest absolute Gasteiger partial charge is 0.275 e. The van der Waals surface area contributed by atoms with Crippen LogP contribution in [0.25, 0.3) is 0 Å². The second kappa shape index (κ2) is 5.26. The fraction of sp³-hybridized carbons (Fsp3) is 0.350. The molecular weight excluding hydrogens is 300 g/mol. The lowest BCUT2D eigenvalue weighted by molar-refractivity contribution is -0.131. The zero-order valence-corrected chi connectivity index (χ0v) is 14.4. The molecule has 4 heteroatoms. The Morgan fingerprint density at radius 1 is 1.04 bits per heavy atom. The molecule has 4 rings (SSSR count). The number of ether oxygens (including phenoxy) is 1. The molecule has 1 fully saturated rings. The molecule has 1 amide bonds. The standard InChI is InChI=1S/C20H22N2O2/c1-14-8-9-17-18(12-14)24-20(2,3)19(23)22(17)16-7-4-6-15(13-16)21-10-5-11-21/h4,6-9,12-13H,5,10-11H2,1-3H3. The largest absolute Gasteiger partial charge is 0.476 e. The zero-order chi connectivity index (χ0) is 16.9. The van der Waals surface area contributed by atoms with E-state index in [4.69, 9.17) is 4.74 Å². The van der Waals surface area contributed by atoms with E-state index in [0.717, 1.165) is 35.8 Å². The van der Waals surface area contributed by atoms with Gasteiger partial charge in [0.2, 0.25) is 0 Å². The second-order valence-electron chi connectivity index (χ2n) is 7.08. The zero-order valence-electron chi connectivity index (χ0n) is 14.4. The number of anilines is 3. The molecule has 0 aromatic heterocycles. The first-order chi connectivity index (χ1) is 11.5. The summed E-state index contributed by atoms with van der Waals surface area (Å²) < 4.78 is 5.97. The maximum Gasteiger partial charge on any atom is 0.275 e. The molecule has 0 atom stereocenters. The van der Waals surface area contributed by atoms with Crippen LogP contribution in [-0.2, 0) is 4.79 Å². The lowest BCUT2D eigenvalue weighted by Crippen LogP contribution is -2.50. The molecule has 0 radical (unpaired) electrons. The van der Waals surface area contributed by atoms with Crippen LogP contribution in [0.5, 0.6) is 5.75 Å². The number of carbonyl (C=O) groups excluding carboxylic acids is 1. The van der Waals surface area contributed by atoms with E-state index >= 15 is 0 Å². The predicted molar refractivity (Wildman–Crippen MR) is 96.3 cm³/mol. The van der Waals surface area contributed by atoms with Crippen LogP contribution in [0.1, 0.15) is 25.8 Å². The van der Waals surface area contributed by atoms with Crippen molar-refractivity contribution in [2.45, 2.75) is 32.8 Å². The number of aryl methyl sites for hydroxylation is 1. The quantitative estimate of drug-likeness (QED) is 0.836. The van der Waals surface area contributed by atoms with Crippen LogP contribution in [0.4, 0.5) is 17.1 Å². The summed E-state index contributed by atoms with van der Waals surface area (Å²) in [6.45, 7) is 7.85. The topological polar surface area (TPSA) is 32.8 Å². The highest BCUT2D eigenvalue weighted by molar-refractivity contribution is 6.08. The molecule has 0 spiro atoms. The van der Waals surface area contributed by atoms with E-state index < -0.39 is 5.60 Å². The Bertz CT molecular complexity index is 809. The highest BCUT2D eigenvalue weighted by Crippen LogP contribution is 2.43. The number of nitrogens with zero attached hydrogens (tertiary/aromatic N) is 2. The van der Waals surface area contributed by atoms with Crippen molar-refractivity contribution in [2.24, 2.45) is 0 Å². The van der Waals surface area contributed by atoms with Crippen LogP contribution < -0.4 is 14.5 Å². The molecule has 2 aromatic rings. The van der Waals surface area contributed by atoms with E-state index in [1.807, 2.05) is 51.1 Å². The van der Waals surface area contributed by atoms with Gasteiger partial charge in [0.15, 0.2) is 5.60 Å². The Balaban J connectivity index is 1.82. The molecule has 0 saturated carbocycles. The van der Waals surface area contributed by atoms with Crippen LogP contribution in [0.2, 0.25) is 0 Å². The summed E-state index contributed by atoms with van der Waals surface area (Å²) in [4.78, 5) is 17.2. The molecule has 0 N–H and O–H groups in total. The van der Waals surface area contributed by atoms with Gasteiger partial charge < -0.3 is 9.64 Å². The van der Waals surface area contributed by atoms with E-state index in [-0.39, 0.29) is 5.91 Å². The summed E-state index contributed by atoms with van der Waals surface area (Å²) in [5, 5.41) is 0. The second-order valence-corrected chi connectivity index (χ2v) is 7.08. The highest BCUT2D eigenvalue weighted by Gasteiger charge is 2.41. The maximum absolute atomic E-state index is 13.0. The Kier molecular flexibility index (Phi) is 3.30. The van der Waals surface area contributed by atoms with Gasteiger partial charge in [-0.3, -0.25) is 9.69 Å². The molecule has 24 heavy (non-hydrogen) atoms. The molecule has 1 saturated heterocycles. The Morgan fingerprint density at radius 2 is 1.79 bits per heavy atom. The third-order valence-corrected chi connectivity index (χ3v) is 4.75. The van der Waals surface area contributed by atoms with E-state index in [9.17, 15) is 4.79 Å². The van der Waals surface area contributed by atoms with E-state index in [0.29, 0.717) is 0 Å². The van der Waals surface area contributed by atoms with E-state index in [2.05, 4.69) is 17.0 Å². The van der Waals surface area contributed by atoms with Crippen molar-refractivity contribution in [3.05, 3.63) is 48.0 Å². The fourth-order valence-electron chi connectivity index (χ4n) is 3.24. The van der Waals surface area contributed by atoms with Crippen LogP contribution >= 0.6 is 0 Å². The molecule has 0 unspecified atom stereocenters. The summed E-state index contributed by atoms with van der Waals surface area (Å²) in [5.41, 5.74) is 3.11. The van der Waals surface area contributed by atoms with Gasteiger partial charge in [-0.2, -0.15) is 0 Å². The van der Waals surface area contributed by atoms with Crippen molar-refractivity contribution in [1.82, 2.24) is 0 Å². The minimum absolute atomic E-state index is 0.0420. The van der Waals surface area contributed by atoms with Gasteiger partial charge in [-0.25, -0.2) is 0 Å². The van der Waals surface area contributed by atoms with Crippen molar-refractivity contribution in [3.63, 3.8) is 0 Å². The Labute approximate surface area is 142 Å². The summed E-state index contributed by atoms with van der Waals surface area (Å²) in [6, 6.07) is 14.2. The number of hydrogen-bond acceptors (Lipinski definition) is 3. The third-order valence-electron chi connectivity index (χ3n) is 4.75.